The number of carboxylic acids is 1. The third-order valence-corrected chi connectivity index (χ3v) is 5.71. The number of aryl methyl sites for hydroxylation is 2. The molecule has 0 N–H and O–H groups in total. The van der Waals surface area contributed by atoms with Gasteiger partial charge in [-0.1, -0.05) is 42.5 Å². The molecular formula is C25H17FNNaO2. The Hall–Kier alpha value is -2.53. The van der Waals surface area contributed by atoms with Gasteiger partial charge < -0.3 is 9.90 Å². The van der Waals surface area contributed by atoms with Crippen LogP contribution in [0.3, 0.4) is 0 Å². The third kappa shape index (κ3) is 3.35. The van der Waals surface area contributed by atoms with Gasteiger partial charge in [-0.2, -0.15) is 0 Å². The van der Waals surface area contributed by atoms with Crippen LogP contribution in [0.2, 0.25) is 0 Å². The van der Waals surface area contributed by atoms with E-state index in [1.807, 2.05) is 24.3 Å². The van der Waals surface area contributed by atoms with E-state index in [0.717, 1.165) is 16.7 Å². The number of carboxylic acid groups (broad SMARTS) is 1. The quantitative estimate of drug-likeness (QED) is 0.475. The fraction of sp³-hybridized carbons (Fsp3) is 0.120. The van der Waals surface area contributed by atoms with Crippen LogP contribution in [-0.4, -0.2) is 11.0 Å². The number of pyridine rings is 1. The van der Waals surface area contributed by atoms with Crippen LogP contribution < -0.4 is 34.7 Å². The predicted molar refractivity (Wildman–Crippen MR) is 109 cm³/mol. The molecule has 0 radical (unpaired) electrons. The summed E-state index contributed by atoms with van der Waals surface area (Å²) < 4.78 is 13.7. The fourth-order valence-corrected chi connectivity index (χ4v) is 4.33. The van der Waals surface area contributed by atoms with Crippen molar-refractivity contribution in [3.63, 3.8) is 0 Å². The van der Waals surface area contributed by atoms with Crippen LogP contribution in [0, 0.1) is 12.7 Å². The molecule has 5 heteroatoms. The second-order valence-corrected chi connectivity index (χ2v) is 7.45. The van der Waals surface area contributed by atoms with Crippen LogP contribution in [0.5, 0.6) is 0 Å². The standard InChI is InChI=1S/C25H18FNO2.Na/c1-14-4-2-3-5-18(14)15-6-9-19-16(12-15)7-10-20-23(25(28)29)21-13-17(26)8-11-22(21)27-24(19)20;/h2-6,8-9,11-13H,7,10H2,1H3,(H,28,29);/q;+1/p-1. The molecule has 0 bridgehead atoms. The number of aromatic nitrogens is 1. The minimum Gasteiger partial charge on any atom is -0.545 e. The molecule has 0 fully saturated rings. The first kappa shape index (κ1) is 20.7. The number of carbonyl (C=O) groups is 1. The van der Waals surface area contributed by atoms with E-state index in [1.165, 1.54) is 29.3 Å². The van der Waals surface area contributed by atoms with Crippen molar-refractivity contribution >= 4 is 16.9 Å². The van der Waals surface area contributed by atoms with Crippen molar-refractivity contribution in [3.05, 3.63) is 88.7 Å². The summed E-state index contributed by atoms with van der Waals surface area (Å²) in [4.78, 5) is 16.6. The van der Waals surface area contributed by atoms with Crippen molar-refractivity contribution in [2.24, 2.45) is 0 Å². The molecule has 1 aromatic heterocycles. The molecule has 0 spiro atoms. The van der Waals surface area contributed by atoms with E-state index in [2.05, 4.69) is 25.1 Å². The van der Waals surface area contributed by atoms with E-state index < -0.39 is 11.8 Å². The Morgan fingerprint density at radius 1 is 1.00 bits per heavy atom. The molecule has 0 saturated heterocycles. The van der Waals surface area contributed by atoms with E-state index in [4.69, 9.17) is 4.98 Å². The van der Waals surface area contributed by atoms with Gasteiger partial charge in [0.15, 0.2) is 0 Å². The van der Waals surface area contributed by atoms with Gasteiger partial charge in [0.2, 0.25) is 0 Å². The van der Waals surface area contributed by atoms with E-state index in [9.17, 15) is 14.3 Å². The van der Waals surface area contributed by atoms with Gasteiger partial charge in [0.1, 0.15) is 5.82 Å². The number of nitrogens with zero attached hydrogens (tertiary/aromatic N) is 1. The molecule has 0 aliphatic heterocycles. The first-order valence-corrected chi connectivity index (χ1v) is 9.55. The molecule has 142 valence electrons. The maximum Gasteiger partial charge on any atom is 1.00 e. The Morgan fingerprint density at radius 3 is 2.57 bits per heavy atom. The van der Waals surface area contributed by atoms with Crippen molar-refractivity contribution in [1.82, 2.24) is 4.98 Å². The normalized spacial score (nSPS) is 12.1. The summed E-state index contributed by atoms with van der Waals surface area (Å²) in [6, 6.07) is 18.5. The van der Waals surface area contributed by atoms with E-state index in [0.29, 0.717) is 35.0 Å². The van der Waals surface area contributed by atoms with Gasteiger partial charge in [-0.3, -0.25) is 0 Å². The average molecular weight is 405 g/mol. The molecule has 3 aromatic carbocycles. The van der Waals surface area contributed by atoms with Gasteiger partial charge in [0.05, 0.1) is 17.2 Å². The zero-order chi connectivity index (χ0) is 20.1. The number of carbonyl (C=O) groups excluding carboxylic acids is 1. The minimum absolute atomic E-state index is 0. The van der Waals surface area contributed by atoms with Crippen LogP contribution in [0.15, 0.2) is 60.7 Å². The Kier molecular flexibility index (Phi) is 5.49. The molecule has 4 aromatic rings. The smallest absolute Gasteiger partial charge is 0.545 e. The Bertz CT molecular complexity index is 1320. The summed E-state index contributed by atoms with van der Waals surface area (Å²) in [5.74, 6) is -1.78. The zero-order valence-corrected chi connectivity index (χ0v) is 18.8. The van der Waals surface area contributed by atoms with E-state index in [-0.39, 0.29) is 35.1 Å². The average Bonchev–Trinajstić information content (AvgIpc) is 2.71. The van der Waals surface area contributed by atoms with Crippen molar-refractivity contribution in [2.45, 2.75) is 19.8 Å². The largest absolute Gasteiger partial charge is 1.00 e. The van der Waals surface area contributed by atoms with Crippen molar-refractivity contribution in [1.29, 1.82) is 0 Å². The van der Waals surface area contributed by atoms with Gasteiger partial charge in [-0.25, -0.2) is 9.37 Å². The van der Waals surface area contributed by atoms with Gasteiger partial charge in [0.25, 0.3) is 0 Å². The summed E-state index contributed by atoms with van der Waals surface area (Å²) in [5, 5.41) is 12.2. The van der Waals surface area contributed by atoms with Crippen LogP contribution in [-0.2, 0) is 12.8 Å². The minimum atomic E-state index is -1.29. The molecule has 1 aliphatic carbocycles. The second-order valence-electron chi connectivity index (χ2n) is 7.45. The number of hydrogen-bond acceptors (Lipinski definition) is 3. The number of benzene rings is 3. The zero-order valence-electron chi connectivity index (χ0n) is 16.8. The summed E-state index contributed by atoms with van der Waals surface area (Å²) in [7, 11) is 0. The van der Waals surface area contributed by atoms with Crippen LogP contribution >= 0.6 is 0 Å². The molecule has 0 saturated carbocycles. The summed E-state index contributed by atoms with van der Waals surface area (Å²) in [6.45, 7) is 2.09. The number of hydrogen-bond donors (Lipinski definition) is 0. The van der Waals surface area contributed by atoms with Gasteiger partial charge in [-0.05, 0) is 65.8 Å². The molecule has 0 unspecified atom stereocenters. The first-order chi connectivity index (χ1) is 14.0. The van der Waals surface area contributed by atoms with E-state index in [1.54, 1.807) is 0 Å². The molecular weight excluding hydrogens is 388 g/mol. The molecule has 0 atom stereocenters. The Balaban J connectivity index is 0.00000218. The Morgan fingerprint density at radius 2 is 1.80 bits per heavy atom. The van der Waals surface area contributed by atoms with Crippen molar-refractivity contribution in [3.8, 4) is 22.4 Å². The molecule has 3 nitrogen and oxygen atoms in total. The molecule has 30 heavy (non-hydrogen) atoms. The molecule has 1 heterocycles. The van der Waals surface area contributed by atoms with Crippen molar-refractivity contribution < 1.29 is 43.8 Å². The topological polar surface area (TPSA) is 53.0 Å². The van der Waals surface area contributed by atoms with Crippen LogP contribution in [0.25, 0.3) is 33.3 Å². The summed E-state index contributed by atoms with van der Waals surface area (Å²) in [5.41, 5.74) is 7.37. The number of halogens is 1. The molecule has 5 rings (SSSR count). The van der Waals surface area contributed by atoms with E-state index >= 15 is 0 Å². The van der Waals surface area contributed by atoms with Gasteiger partial charge in [0, 0.05) is 16.5 Å². The maximum atomic E-state index is 13.7. The first-order valence-electron chi connectivity index (χ1n) is 9.55. The Labute approximate surface area is 195 Å². The summed E-state index contributed by atoms with van der Waals surface area (Å²) in [6.07, 6.45) is 1.23. The molecule has 0 amide bonds. The van der Waals surface area contributed by atoms with Crippen molar-refractivity contribution in [2.75, 3.05) is 0 Å². The fourth-order valence-electron chi connectivity index (χ4n) is 4.33. The van der Waals surface area contributed by atoms with Gasteiger partial charge in [-0.15, -0.1) is 0 Å². The number of aromatic carboxylic acids is 1. The van der Waals surface area contributed by atoms with Gasteiger partial charge >= 0.3 is 29.6 Å². The monoisotopic (exact) mass is 405 g/mol. The SMILES string of the molecule is Cc1ccccc1-c1ccc2c(c1)CCc1c-2nc2ccc(F)cc2c1C(=O)[O-].[Na+]. The third-order valence-electron chi connectivity index (χ3n) is 5.71. The van der Waals surface area contributed by atoms with Crippen LogP contribution in [0.1, 0.15) is 27.0 Å². The van der Waals surface area contributed by atoms with Crippen LogP contribution in [0.4, 0.5) is 4.39 Å². The maximum absolute atomic E-state index is 13.7. The predicted octanol–water partition coefficient (Wildman–Crippen LogP) is 1.48. The summed E-state index contributed by atoms with van der Waals surface area (Å²) >= 11 is 0. The number of fused-ring (bicyclic) bond motifs is 4. The molecule has 1 aliphatic rings. The second kappa shape index (κ2) is 7.95. The number of rotatable bonds is 2.